The van der Waals surface area contributed by atoms with Gasteiger partial charge in [-0.2, -0.15) is 13.2 Å². The van der Waals surface area contributed by atoms with Crippen molar-refractivity contribution in [1.82, 2.24) is 10.3 Å². The highest BCUT2D eigenvalue weighted by Gasteiger charge is 2.33. The zero-order valence-electron chi connectivity index (χ0n) is 10.4. The minimum atomic E-state index is -4.69. The molecule has 0 atom stereocenters. The maximum atomic E-state index is 12.9. The molecule has 0 saturated carbocycles. The predicted octanol–water partition coefficient (Wildman–Crippen LogP) is 3.62. The third-order valence-electron chi connectivity index (χ3n) is 2.47. The van der Waals surface area contributed by atoms with Crippen LogP contribution in [0.3, 0.4) is 0 Å². The van der Waals surface area contributed by atoms with E-state index in [1.54, 1.807) is 5.38 Å². The highest BCUT2D eigenvalue weighted by Crippen LogP contribution is 2.32. The Balaban J connectivity index is 2.04. The summed E-state index contributed by atoms with van der Waals surface area (Å²) < 4.78 is 51.2. The van der Waals surface area contributed by atoms with E-state index >= 15 is 0 Å². The number of aromatic nitrogens is 1. The zero-order chi connectivity index (χ0) is 15.5. The number of urea groups is 1. The van der Waals surface area contributed by atoms with Crippen molar-refractivity contribution in [2.24, 2.45) is 0 Å². The van der Waals surface area contributed by atoms with Crippen LogP contribution >= 0.6 is 11.3 Å². The molecule has 4 nitrogen and oxygen atoms in total. The van der Waals surface area contributed by atoms with Gasteiger partial charge >= 0.3 is 12.2 Å². The highest BCUT2D eigenvalue weighted by molar-refractivity contribution is 7.13. The molecule has 2 amide bonds. The first-order valence-corrected chi connectivity index (χ1v) is 6.54. The molecule has 0 radical (unpaired) electrons. The number of benzene rings is 1. The normalized spacial score (nSPS) is 11.2. The molecule has 0 aliphatic carbocycles. The maximum Gasteiger partial charge on any atom is 0.416 e. The summed E-state index contributed by atoms with van der Waals surface area (Å²) in [4.78, 5) is 15.3. The van der Waals surface area contributed by atoms with E-state index in [4.69, 9.17) is 0 Å². The number of hydrogen-bond donors (Lipinski definition) is 2. The monoisotopic (exact) mass is 319 g/mol. The Bertz CT molecular complexity index is 628. The molecule has 9 heteroatoms. The molecule has 1 aromatic heterocycles. The van der Waals surface area contributed by atoms with Gasteiger partial charge in [-0.25, -0.2) is 14.2 Å². The molecule has 2 N–H and O–H groups in total. The zero-order valence-corrected chi connectivity index (χ0v) is 11.2. The van der Waals surface area contributed by atoms with Crippen LogP contribution in [0.1, 0.15) is 11.1 Å². The third-order valence-corrected chi connectivity index (χ3v) is 3.16. The molecule has 0 fully saturated rings. The number of carbonyl (C=O) groups is 1. The van der Waals surface area contributed by atoms with Crippen molar-refractivity contribution in [3.05, 3.63) is 46.7 Å². The number of thiazole rings is 1. The average molecular weight is 319 g/mol. The Hall–Kier alpha value is -2.16. The van der Waals surface area contributed by atoms with Crippen LogP contribution < -0.4 is 10.6 Å². The molecule has 1 aromatic carbocycles. The number of rotatable bonds is 3. The van der Waals surface area contributed by atoms with Crippen LogP contribution in [0.2, 0.25) is 0 Å². The quantitative estimate of drug-likeness (QED) is 0.849. The fraction of sp³-hybridized carbons (Fsp3) is 0.167. The number of nitrogens with one attached hydrogen (secondary N) is 2. The number of halogens is 4. The summed E-state index contributed by atoms with van der Waals surface area (Å²) >= 11 is 1.17. The number of hydrogen-bond acceptors (Lipinski definition) is 3. The van der Waals surface area contributed by atoms with Gasteiger partial charge in [-0.05, 0) is 17.7 Å². The molecular weight excluding hydrogens is 310 g/mol. The van der Waals surface area contributed by atoms with Gasteiger partial charge in [0.05, 0.1) is 5.56 Å². The van der Waals surface area contributed by atoms with Crippen LogP contribution in [0.4, 0.5) is 27.5 Å². The predicted molar refractivity (Wildman–Crippen MR) is 69.4 cm³/mol. The first-order valence-electron chi connectivity index (χ1n) is 5.66. The first kappa shape index (κ1) is 15.2. The Kier molecular flexibility index (Phi) is 4.41. The van der Waals surface area contributed by atoms with E-state index < -0.39 is 23.6 Å². The van der Waals surface area contributed by atoms with E-state index in [1.807, 2.05) is 0 Å². The second-order valence-electron chi connectivity index (χ2n) is 3.94. The van der Waals surface area contributed by atoms with Gasteiger partial charge in [-0.1, -0.05) is 6.07 Å². The number of nitrogens with zero attached hydrogens (tertiary/aromatic N) is 1. The lowest BCUT2D eigenvalue weighted by Gasteiger charge is -2.13. The SMILES string of the molecule is O=C(NCc1ccc(F)cc1C(F)(F)F)Nc1nccs1. The minimum absolute atomic E-state index is 0.224. The van der Waals surface area contributed by atoms with Gasteiger partial charge in [-0.15, -0.1) is 11.3 Å². The fourth-order valence-electron chi connectivity index (χ4n) is 1.57. The lowest BCUT2D eigenvalue weighted by molar-refractivity contribution is -0.138. The van der Waals surface area contributed by atoms with Crippen LogP contribution in [-0.4, -0.2) is 11.0 Å². The summed E-state index contributed by atoms with van der Waals surface area (Å²) in [6.07, 6.45) is -3.22. The molecule has 1 heterocycles. The second-order valence-corrected chi connectivity index (χ2v) is 4.84. The smallest absolute Gasteiger partial charge is 0.334 e. The van der Waals surface area contributed by atoms with Crippen LogP contribution in [0.5, 0.6) is 0 Å². The Morgan fingerprint density at radius 3 is 2.71 bits per heavy atom. The lowest BCUT2D eigenvalue weighted by atomic mass is 10.1. The van der Waals surface area contributed by atoms with Crippen molar-refractivity contribution >= 4 is 22.5 Å². The molecule has 0 unspecified atom stereocenters. The van der Waals surface area contributed by atoms with Crippen LogP contribution in [0, 0.1) is 5.82 Å². The summed E-state index contributed by atoms with van der Waals surface area (Å²) in [7, 11) is 0. The van der Waals surface area contributed by atoms with Gasteiger partial charge in [0.1, 0.15) is 5.82 Å². The Morgan fingerprint density at radius 1 is 1.33 bits per heavy atom. The molecule has 21 heavy (non-hydrogen) atoms. The van der Waals surface area contributed by atoms with E-state index in [1.165, 1.54) is 17.5 Å². The second kappa shape index (κ2) is 6.08. The molecule has 0 saturated heterocycles. The minimum Gasteiger partial charge on any atom is -0.334 e. The van der Waals surface area contributed by atoms with Crippen LogP contribution in [-0.2, 0) is 12.7 Å². The fourth-order valence-corrected chi connectivity index (χ4v) is 2.09. The number of amides is 2. The first-order chi connectivity index (χ1) is 9.86. The van der Waals surface area contributed by atoms with Gasteiger partial charge in [0.25, 0.3) is 0 Å². The van der Waals surface area contributed by atoms with E-state index in [0.29, 0.717) is 11.2 Å². The molecule has 0 bridgehead atoms. The van der Waals surface area contributed by atoms with Gasteiger partial charge in [0.15, 0.2) is 5.13 Å². The van der Waals surface area contributed by atoms with E-state index in [-0.39, 0.29) is 12.1 Å². The summed E-state index contributed by atoms with van der Waals surface area (Å²) in [5.41, 5.74) is -1.34. The van der Waals surface area contributed by atoms with E-state index in [9.17, 15) is 22.4 Å². The third kappa shape index (κ3) is 4.15. The highest BCUT2D eigenvalue weighted by atomic mass is 32.1. The standard InChI is InChI=1S/C12H9F4N3OS/c13-8-2-1-7(9(5-8)12(14,15)16)6-18-10(20)19-11-17-3-4-21-11/h1-5H,6H2,(H2,17,18,19,20). The average Bonchev–Trinajstić information content (AvgIpc) is 2.89. The number of alkyl halides is 3. The van der Waals surface area contributed by atoms with E-state index in [2.05, 4.69) is 15.6 Å². The molecule has 2 rings (SSSR count). The van der Waals surface area contributed by atoms with E-state index in [0.717, 1.165) is 12.1 Å². The molecule has 2 aromatic rings. The molecule has 112 valence electrons. The molecule has 0 spiro atoms. The maximum absolute atomic E-state index is 12.9. The molecule has 0 aliphatic heterocycles. The van der Waals surface area contributed by atoms with Gasteiger partial charge in [-0.3, -0.25) is 5.32 Å². The Labute approximate surface area is 120 Å². The van der Waals surface area contributed by atoms with Crippen LogP contribution in [0.25, 0.3) is 0 Å². The Morgan fingerprint density at radius 2 is 2.10 bits per heavy atom. The number of anilines is 1. The van der Waals surface area contributed by atoms with Crippen molar-refractivity contribution < 1.29 is 22.4 Å². The van der Waals surface area contributed by atoms with Gasteiger partial charge in [0.2, 0.25) is 0 Å². The van der Waals surface area contributed by atoms with Crippen molar-refractivity contribution in [2.45, 2.75) is 12.7 Å². The van der Waals surface area contributed by atoms with Crippen molar-refractivity contribution in [3.63, 3.8) is 0 Å². The summed E-state index contributed by atoms with van der Waals surface area (Å²) in [6.45, 7) is -0.383. The molecular formula is C12H9F4N3OS. The molecule has 0 aliphatic rings. The van der Waals surface area contributed by atoms with Crippen molar-refractivity contribution in [3.8, 4) is 0 Å². The number of carbonyl (C=O) groups excluding carboxylic acids is 1. The van der Waals surface area contributed by atoms with Crippen molar-refractivity contribution in [2.75, 3.05) is 5.32 Å². The van der Waals surface area contributed by atoms with Gasteiger partial charge < -0.3 is 5.32 Å². The van der Waals surface area contributed by atoms with Gasteiger partial charge in [0, 0.05) is 18.1 Å². The topological polar surface area (TPSA) is 54.0 Å². The summed E-state index contributed by atoms with van der Waals surface area (Å²) in [6, 6.07) is 1.60. The summed E-state index contributed by atoms with van der Waals surface area (Å²) in [5.74, 6) is -0.988. The largest absolute Gasteiger partial charge is 0.416 e. The summed E-state index contributed by atoms with van der Waals surface area (Å²) in [5, 5.41) is 6.59. The lowest BCUT2D eigenvalue weighted by Crippen LogP contribution is -2.29. The van der Waals surface area contributed by atoms with Crippen molar-refractivity contribution in [1.29, 1.82) is 0 Å². The van der Waals surface area contributed by atoms with Crippen LogP contribution in [0.15, 0.2) is 29.8 Å².